The van der Waals surface area contributed by atoms with Gasteiger partial charge in [-0.15, -0.1) is 0 Å². The molecule has 0 saturated heterocycles. The van der Waals surface area contributed by atoms with Crippen LogP contribution in [-0.4, -0.2) is 18.0 Å². The van der Waals surface area contributed by atoms with Gasteiger partial charge in [-0.3, -0.25) is 4.79 Å². The van der Waals surface area contributed by atoms with Gasteiger partial charge in [-0.05, 0) is 49.4 Å². The molecule has 2 N–H and O–H groups in total. The Labute approximate surface area is 133 Å². The number of hydrogen-bond donors (Lipinski definition) is 2. The first-order valence-electron chi connectivity index (χ1n) is 7.10. The second-order valence-electron chi connectivity index (χ2n) is 5.18. The lowest BCUT2D eigenvalue weighted by molar-refractivity contribution is 0.102. The molecule has 0 fully saturated rings. The van der Waals surface area contributed by atoms with Crippen molar-refractivity contribution in [2.75, 3.05) is 12.4 Å². The molecule has 0 atom stereocenters. The number of hydrogen-bond acceptors (Lipinski definition) is 3. The number of nitrogens with one attached hydrogen (secondary N) is 2. The minimum absolute atomic E-state index is 0.202. The number of amides is 1. The van der Waals surface area contributed by atoms with Gasteiger partial charge in [0.2, 0.25) is 0 Å². The summed E-state index contributed by atoms with van der Waals surface area (Å²) in [6, 6.07) is 14.4. The summed E-state index contributed by atoms with van der Waals surface area (Å²) in [5, 5.41) is 12.5. The third kappa shape index (κ3) is 2.74. The Hall–Kier alpha value is -3.26. The van der Waals surface area contributed by atoms with Gasteiger partial charge in [-0.1, -0.05) is 0 Å². The van der Waals surface area contributed by atoms with E-state index in [-0.39, 0.29) is 5.91 Å². The maximum atomic E-state index is 12.6. The highest BCUT2D eigenvalue weighted by Gasteiger charge is 2.16. The summed E-state index contributed by atoms with van der Waals surface area (Å²) < 4.78 is 5.23. The Kier molecular flexibility index (Phi) is 3.73. The zero-order chi connectivity index (χ0) is 16.4. The van der Waals surface area contributed by atoms with Crippen LogP contribution >= 0.6 is 0 Å². The molecule has 1 aromatic heterocycles. The van der Waals surface area contributed by atoms with Crippen molar-refractivity contribution in [2.45, 2.75) is 6.92 Å². The summed E-state index contributed by atoms with van der Waals surface area (Å²) in [4.78, 5) is 15.8. The lowest BCUT2D eigenvalue weighted by atomic mass is 10.1. The van der Waals surface area contributed by atoms with Crippen LogP contribution in [-0.2, 0) is 0 Å². The van der Waals surface area contributed by atoms with E-state index in [0.717, 1.165) is 16.6 Å². The van der Waals surface area contributed by atoms with Gasteiger partial charge in [0.1, 0.15) is 5.75 Å². The maximum absolute atomic E-state index is 12.6. The Morgan fingerprint density at radius 1 is 1.22 bits per heavy atom. The van der Waals surface area contributed by atoms with Crippen LogP contribution < -0.4 is 10.1 Å². The fraction of sp³-hybridized carbons (Fsp3) is 0.111. The molecule has 0 radical (unpaired) electrons. The SMILES string of the molecule is COc1ccc2[nH]c(C)c(C(=O)Nc3ccc(C#N)cc3)c2c1. The fourth-order valence-electron chi connectivity index (χ4n) is 2.55. The number of fused-ring (bicyclic) bond motifs is 1. The number of ether oxygens (including phenoxy) is 1. The quantitative estimate of drug-likeness (QED) is 0.776. The number of anilines is 1. The number of nitriles is 1. The number of carbonyl (C=O) groups excluding carboxylic acids is 1. The molecule has 1 amide bonds. The van der Waals surface area contributed by atoms with Gasteiger partial charge in [-0.2, -0.15) is 5.26 Å². The summed E-state index contributed by atoms with van der Waals surface area (Å²) in [6.45, 7) is 1.86. The highest BCUT2D eigenvalue weighted by Crippen LogP contribution is 2.27. The standard InChI is InChI=1S/C18H15N3O2/c1-11-17(15-9-14(23-2)7-8-16(15)20-11)18(22)21-13-5-3-12(10-19)4-6-13/h3-9,20H,1-2H3,(H,21,22). The first kappa shape index (κ1) is 14.7. The first-order valence-corrected chi connectivity index (χ1v) is 7.10. The van der Waals surface area contributed by atoms with Gasteiger partial charge in [0, 0.05) is 22.3 Å². The molecule has 0 spiro atoms. The topological polar surface area (TPSA) is 77.9 Å². The first-order chi connectivity index (χ1) is 11.1. The molecule has 1 heterocycles. The molecule has 3 rings (SSSR count). The fourth-order valence-corrected chi connectivity index (χ4v) is 2.55. The zero-order valence-corrected chi connectivity index (χ0v) is 12.8. The smallest absolute Gasteiger partial charge is 0.258 e. The highest BCUT2D eigenvalue weighted by atomic mass is 16.5. The van der Waals surface area contributed by atoms with Crippen LogP contribution in [0.15, 0.2) is 42.5 Å². The van der Waals surface area contributed by atoms with Crippen LogP contribution in [0.2, 0.25) is 0 Å². The lowest BCUT2D eigenvalue weighted by Crippen LogP contribution is -2.12. The van der Waals surface area contributed by atoms with Crippen molar-refractivity contribution in [2.24, 2.45) is 0 Å². The summed E-state index contributed by atoms with van der Waals surface area (Å²) >= 11 is 0. The second kappa shape index (κ2) is 5.85. The zero-order valence-electron chi connectivity index (χ0n) is 12.8. The molecular weight excluding hydrogens is 290 g/mol. The van der Waals surface area contributed by atoms with Crippen molar-refractivity contribution in [1.29, 1.82) is 5.26 Å². The van der Waals surface area contributed by atoms with E-state index in [1.165, 1.54) is 0 Å². The summed E-state index contributed by atoms with van der Waals surface area (Å²) in [6.07, 6.45) is 0. The number of nitrogens with zero attached hydrogens (tertiary/aromatic N) is 1. The van der Waals surface area contributed by atoms with Crippen LogP contribution in [0.1, 0.15) is 21.6 Å². The van der Waals surface area contributed by atoms with Crippen molar-refractivity contribution in [3.8, 4) is 11.8 Å². The van der Waals surface area contributed by atoms with E-state index in [1.807, 2.05) is 31.2 Å². The van der Waals surface area contributed by atoms with E-state index < -0.39 is 0 Å². The Morgan fingerprint density at radius 3 is 2.61 bits per heavy atom. The van der Waals surface area contributed by atoms with Crippen molar-refractivity contribution < 1.29 is 9.53 Å². The highest BCUT2D eigenvalue weighted by molar-refractivity contribution is 6.14. The Bertz CT molecular complexity index is 918. The number of aromatic nitrogens is 1. The van der Waals surface area contributed by atoms with Crippen molar-refractivity contribution in [3.63, 3.8) is 0 Å². The van der Waals surface area contributed by atoms with Crippen LogP contribution in [0.5, 0.6) is 5.75 Å². The van der Waals surface area contributed by atoms with Crippen molar-refractivity contribution in [3.05, 3.63) is 59.3 Å². The summed E-state index contributed by atoms with van der Waals surface area (Å²) in [7, 11) is 1.59. The molecule has 114 valence electrons. The molecule has 23 heavy (non-hydrogen) atoms. The third-order valence-corrected chi connectivity index (χ3v) is 3.69. The number of benzene rings is 2. The third-order valence-electron chi connectivity index (χ3n) is 3.69. The van der Waals surface area contributed by atoms with E-state index in [2.05, 4.69) is 10.3 Å². The molecule has 5 nitrogen and oxygen atoms in total. The van der Waals surface area contributed by atoms with E-state index in [1.54, 1.807) is 31.4 Å². The number of H-pyrrole nitrogens is 1. The maximum Gasteiger partial charge on any atom is 0.258 e. The van der Waals surface area contributed by atoms with E-state index >= 15 is 0 Å². The Balaban J connectivity index is 1.96. The van der Waals surface area contributed by atoms with Crippen molar-refractivity contribution >= 4 is 22.5 Å². The largest absolute Gasteiger partial charge is 0.497 e. The van der Waals surface area contributed by atoms with Crippen molar-refractivity contribution in [1.82, 2.24) is 4.98 Å². The number of aryl methyl sites for hydroxylation is 1. The van der Waals surface area contributed by atoms with Gasteiger partial charge < -0.3 is 15.0 Å². The minimum Gasteiger partial charge on any atom is -0.497 e. The van der Waals surface area contributed by atoms with E-state index in [4.69, 9.17) is 10.00 Å². The molecule has 0 unspecified atom stereocenters. The van der Waals surface area contributed by atoms with Crippen LogP contribution in [0, 0.1) is 18.3 Å². The number of methoxy groups -OCH3 is 1. The van der Waals surface area contributed by atoms with Gasteiger partial charge in [0.25, 0.3) is 5.91 Å². The van der Waals surface area contributed by atoms with Gasteiger partial charge in [0.05, 0.1) is 24.3 Å². The minimum atomic E-state index is -0.202. The molecule has 0 aliphatic rings. The average molecular weight is 305 g/mol. The number of rotatable bonds is 3. The average Bonchev–Trinajstić information content (AvgIpc) is 2.90. The number of carbonyl (C=O) groups is 1. The van der Waals surface area contributed by atoms with Crippen LogP contribution in [0.25, 0.3) is 10.9 Å². The molecule has 0 bridgehead atoms. The van der Waals surface area contributed by atoms with Gasteiger partial charge in [-0.25, -0.2) is 0 Å². The summed E-state index contributed by atoms with van der Waals surface area (Å²) in [5.74, 6) is 0.496. The summed E-state index contributed by atoms with van der Waals surface area (Å²) in [5.41, 5.74) is 3.46. The molecular formula is C18H15N3O2. The molecule has 0 aliphatic carbocycles. The van der Waals surface area contributed by atoms with Crippen LogP contribution in [0.4, 0.5) is 5.69 Å². The molecule has 5 heteroatoms. The van der Waals surface area contributed by atoms with Gasteiger partial charge >= 0.3 is 0 Å². The second-order valence-corrected chi connectivity index (χ2v) is 5.18. The molecule has 2 aromatic carbocycles. The predicted molar refractivity (Wildman–Crippen MR) is 88.7 cm³/mol. The molecule has 0 aliphatic heterocycles. The molecule has 3 aromatic rings. The number of aromatic amines is 1. The van der Waals surface area contributed by atoms with E-state index in [9.17, 15) is 4.79 Å². The molecule has 0 saturated carbocycles. The normalized spacial score (nSPS) is 10.3. The predicted octanol–water partition coefficient (Wildman–Crippen LogP) is 3.61. The van der Waals surface area contributed by atoms with E-state index in [0.29, 0.717) is 22.6 Å². The Morgan fingerprint density at radius 2 is 1.96 bits per heavy atom. The lowest BCUT2D eigenvalue weighted by Gasteiger charge is -2.06. The van der Waals surface area contributed by atoms with Gasteiger partial charge in [0.15, 0.2) is 0 Å². The monoisotopic (exact) mass is 305 g/mol. The van der Waals surface area contributed by atoms with Crippen LogP contribution in [0.3, 0.4) is 0 Å².